The number of carbonyl (C=O) groups is 2. The molecule has 0 radical (unpaired) electrons. The van der Waals surface area contributed by atoms with Crippen molar-refractivity contribution in [3.05, 3.63) is 23.3 Å². The number of alkyl halides is 3. The van der Waals surface area contributed by atoms with E-state index in [1.807, 2.05) is 0 Å². The minimum absolute atomic E-state index is 0.360. The van der Waals surface area contributed by atoms with E-state index in [0.29, 0.717) is 12.1 Å². The zero-order valence-electron chi connectivity index (χ0n) is 8.50. The van der Waals surface area contributed by atoms with Crippen molar-refractivity contribution in [2.24, 2.45) is 0 Å². The normalized spacial score (nSPS) is 11.3. The second-order valence-electron chi connectivity index (χ2n) is 3.27. The summed E-state index contributed by atoms with van der Waals surface area (Å²) in [7, 11) is 0. The van der Waals surface area contributed by atoms with Crippen molar-refractivity contribution >= 4 is 11.6 Å². The number of aromatic hydroxyl groups is 2. The molecule has 0 saturated carbocycles. The Balaban J connectivity index is 3.35. The van der Waals surface area contributed by atoms with Crippen LogP contribution in [-0.4, -0.2) is 28.0 Å². The average molecular weight is 248 g/mol. The van der Waals surface area contributed by atoms with Gasteiger partial charge in [-0.05, 0) is 19.1 Å². The summed E-state index contributed by atoms with van der Waals surface area (Å²) in [5.74, 6) is -4.73. The lowest BCUT2D eigenvalue weighted by Crippen LogP contribution is -2.22. The van der Waals surface area contributed by atoms with Crippen LogP contribution in [0.4, 0.5) is 13.2 Å². The van der Waals surface area contributed by atoms with Gasteiger partial charge in [-0.2, -0.15) is 13.2 Å². The van der Waals surface area contributed by atoms with Crippen LogP contribution in [0.5, 0.6) is 11.5 Å². The van der Waals surface area contributed by atoms with Crippen LogP contribution < -0.4 is 0 Å². The van der Waals surface area contributed by atoms with E-state index in [1.54, 1.807) is 0 Å². The maximum atomic E-state index is 12.1. The molecule has 0 unspecified atom stereocenters. The van der Waals surface area contributed by atoms with Crippen molar-refractivity contribution in [3.8, 4) is 11.5 Å². The molecule has 1 aromatic carbocycles. The predicted octanol–water partition coefficient (Wildman–Crippen LogP) is 2.05. The topological polar surface area (TPSA) is 74.6 Å². The number of phenols is 2. The Labute approximate surface area is 93.3 Å². The highest BCUT2D eigenvalue weighted by Crippen LogP contribution is 2.32. The quantitative estimate of drug-likeness (QED) is 0.620. The number of phenolic OH excluding ortho intramolecular Hbond substituents is 2. The van der Waals surface area contributed by atoms with Gasteiger partial charge in [0, 0.05) is 0 Å². The van der Waals surface area contributed by atoms with E-state index in [0.717, 1.165) is 6.92 Å². The van der Waals surface area contributed by atoms with Gasteiger partial charge in [0.15, 0.2) is 5.78 Å². The molecule has 0 heterocycles. The Bertz CT molecular complexity index is 491. The maximum absolute atomic E-state index is 12.1. The summed E-state index contributed by atoms with van der Waals surface area (Å²) < 4.78 is 36.3. The van der Waals surface area contributed by atoms with E-state index in [4.69, 9.17) is 0 Å². The van der Waals surface area contributed by atoms with Gasteiger partial charge in [0.25, 0.3) is 5.78 Å². The summed E-state index contributed by atoms with van der Waals surface area (Å²) in [5, 5.41) is 18.5. The van der Waals surface area contributed by atoms with E-state index >= 15 is 0 Å². The standard InChI is InChI=1S/C10H7F3O4/c1-4(14)5-2-8(16)6(3-7(5)15)9(17)10(11,12)13/h2-3,15-16H,1H3. The molecular formula is C10H7F3O4. The van der Waals surface area contributed by atoms with Crippen LogP contribution in [0.25, 0.3) is 0 Å². The van der Waals surface area contributed by atoms with Crippen molar-refractivity contribution in [1.29, 1.82) is 0 Å². The molecule has 0 aliphatic rings. The van der Waals surface area contributed by atoms with Gasteiger partial charge >= 0.3 is 6.18 Å². The van der Waals surface area contributed by atoms with E-state index in [-0.39, 0.29) is 5.56 Å². The first-order valence-electron chi connectivity index (χ1n) is 4.33. The van der Waals surface area contributed by atoms with Gasteiger partial charge in [-0.3, -0.25) is 9.59 Å². The molecule has 0 aliphatic heterocycles. The third kappa shape index (κ3) is 2.55. The number of hydrogen-bond donors (Lipinski definition) is 2. The number of halogens is 3. The van der Waals surface area contributed by atoms with E-state index in [2.05, 4.69) is 0 Å². The first kappa shape index (κ1) is 13.0. The average Bonchev–Trinajstić information content (AvgIpc) is 2.18. The molecule has 2 N–H and O–H groups in total. The van der Waals surface area contributed by atoms with Gasteiger partial charge in [-0.15, -0.1) is 0 Å². The molecule has 1 rings (SSSR count). The van der Waals surface area contributed by atoms with Crippen molar-refractivity contribution in [3.63, 3.8) is 0 Å². The van der Waals surface area contributed by atoms with Gasteiger partial charge in [-0.1, -0.05) is 0 Å². The van der Waals surface area contributed by atoms with Crippen LogP contribution in [0.2, 0.25) is 0 Å². The third-order valence-corrected chi connectivity index (χ3v) is 2.00. The molecule has 0 fully saturated rings. The van der Waals surface area contributed by atoms with Crippen molar-refractivity contribution in [1.82, 2.24) is 0 Å². The lowest BCUT2D eigenvalue weighted by atomic mass is 10.0. The summed E-state index contributed by atoms with van der Waals surface area (Å²) in [6.07, 6.45) is -5.17. The molecule has 92 valence electrons. The molecule has 4 nitrogen and oxygen atoms in total. The largest absolute Gasteiger partial charge is 0.507 e. The summed E-state index contributed by atoms with van der Waals surface area (Å²) in [4.78, 5) is 21.8. The van der Waals surface area contributed by atoms with E-state index in [9.17, 15) is 33.0 Å². The number of hydrogen-bond acceptors (Lipinski definition) is 4. The van der Waals surface area contributed by atoms with E-state index in [1.165, 1.54) is 0 Å². The fourth-order valence-electron chi connectivity index (χ4n) is 1.19. The molecule has 0 amide bonds. The Morgan fingerprint density at radius 1 is 1.06 bits per heavy atom. The first-order chi connectivity index (χ1) is 7.64. The lowest BCUT2D eigenvalue weighted by molar-refractivity contribution is -0.0886. The summed E-state index contributed by atoms with van der Waals surface area (Å²) >= 11 is 0. The second kappa shape index (κ2) is 4.08. The summed E-state index contributed by atoms with van der Waals surface area (Å²) in [6, 6.07) is 1.04. The van der Waals surface area contributed by atoms with E-state index < -0.39 is 34.8 Å². The molecule has 0 bridgehead atoms. The minimum atomic E-state index is -5.17. The van der Waals surface area contributed by atoms with Crippen LogP contribution in [0, 0.1) is 0 Å². The van der Waals surface area contributed by atoms with Crippen LogP contribution in [0.1, 0.15) is 27.6 Å². The Morgan fingerprint density at radius 3 is 1.88 bits per heavy atom. The van der Waals surface area contributed by atoms with Crippen LogP contribution >= 0.6 is 0 Å². The number of carbonyl (C=O) groups excluding carboxylic acids is 2. The Hall–Kier alpha value is -2.05. The van der Waals surface area contributed by atoms with Crippen LogP contribution in [0.3, 0.4) is 0 Å². The first-order valence-corrected chi connectivity index (χ1v) is 4.33. The lowest BCUT2D eigenvalue weighted by Gasteiger charge is -2.09. The summed E-state index contributed by atoms with van der Waals surface area (Å²) in [5.41, 5.74) is -1.46. The van der Waals surface area contributed by atoms with Gasteiger partial charge < -0.3 is 10.2 Å². The second-order valence-corrected chi connectivity index (χ2v) is 3.27. The highest BCUT2D eigenvalue weighted by Gasteiger charge is 2.41. The maximum Gasteiger partial charge on any atom is 0.455 e. The Morgan fingerprint density at radius 2 is 1.47 bits per heavy atom. The van der Waals surface area contributed by atoms with Crippen molar-refractivity contribution in [2.45, 2.75) is 13.1 Å². The molecule has 1 aromatic rings. The number of rotatable bonds is 2. The SMILES string of the molecule is CC(=O)c1cc(O)c(C(=O)C(F)(F)F)cc1O. The molecule has 0 aliphatic carbocycles. The molecule has 17 heavy (non-hydrogen) atoms. The number of Topliss-reactive ketones (excluding diaryl/α,β-unsaturated/α-hetero) is 2. The highest BCUT2D eigenvalue weighted by atomic mass is 19.4. The van der Waals surface area contributed by atoms with Gasteiger partial charge in [0.2, 0.25) is 0 Å². The molecule has 7 heteroatoms. The zero-order valence-corrected chi connectivity index (χ0v) is 8.50. The zero-order chi connectivity index (χ0) is 13.4. The molecule has 0 atom stereocenters. The fraction of sp³-hybridized carbons (Fsp3) is 0.200. The molecule has 0 saturated heterocycles. The molecular weight excluding hydrogens is 241 g/mol. The third-order valence-electron chi connectivity index (χ3n) is 2.00. The number of benzene rings is 1. The molecule has 0 aromatic heterocycles. The van der Waals surface area contributed by atoms with Crippen LogP contribution in [-0.2, 0) is 0 Å². The predicted molar refractivity (Wildman–Crippen MR) is 50.2 cm³/mol. The van der Waals surface area contributed by atoms with Gasteiger partial charge in [0.05, 0.1) is 11.1 Å². The van der Waals surface area contributed by atoms with Crippen molar-refractivity contribution in [2.75, 3.05) is 0 Å². The fourth-order valence-corrected chi connectivity index (χ4v) is 1.19. The van der Waals surface area contributed by atoms with Gasteiger partial charge in [-0.25, -0.2) is 0 Å². The summed E-state index contributed by atoms with van der Waals surface area (Å²) in [6.45, 7) is 1.06. The highest BCUT2D eigenvalue weighted by molar-refractivity contribution is 6.05. The van der Waals surface area contributed by atoms with Crippen LogP contribution in [0.15, 0.2) is 12.1 Å². The minimum Gasteiger partial charge on any atom is -0.507 e. The Kier molecular flexibility index (Phi) is 3.12. The number of ketones is 2. The molecule has 0 spiro atoms. The smallest absolute Gasteiger partial charge is 0.455 e. The monoisotopic (exact) mass is 248 g/mol. The van der Waals surface area contributed by atoms with Crippen molar-refractivity contribution < 1.29 is 33.0 Å². The van der Waals surface area contributed by atoms with Gasteiger partial charge in [0.1, 0.15) is 11.5 Å².